The summed E-state index contributed by atoms with van der Waals surface area (Å²) in [6.07, 6.45) is 1.87. The smallest absolute Gasteiger partial charge is 0.320 e. The fourth-order valence-corrected chi connectivity index (χ4v) is 4.55. The number of rotatable bonds is 11. The van der Waals surface area contributed by atoms with Gasteiger partial charge in [-0.05, 0) is 35.7 Å². The average Bonchev–Trinajstić information content (AvgIpc) is 2.95. The standard InChI is InChI=1S/C27H32FN5O7/c28-20-3-1-18(2-4-20)15-19-16-21-23(30-17-19)24(35)22(25(29)36)26(37)33(21)6-5-31(7-13-40-14-10-34)27(38)32-8-11-39-12-9-32/h1-4,16-17,34-35H,5-15H2,(H2,29,36). The summed E-state index contributed by atoms with van der Waals surface area (Å²) < 4.78 is 25.3. The van der Waals surface area contributed by atoms with Crippen molar-refractivity contribution in [2.24, 2.45) is 5.73 Å². The topological polar surface area (TPSA) is 160 Å². The molecule has 2 aromatic heterocycles. The van der Waals surface area contributed by atoms with E-state index in [1.165, 1.54) is 27.8 Å². The van der Waals surface area contributed by atoms with E-state index in [1.54, 1.807) is 23.1 Å². The Kier molecular flexibility index (Phi) is 9.64. The van der Waals surface area contributed by atoms with Crippen molar-refractivity contribution >= 4 is 23.0 Å². The molecule has 4 rings (SSSR count). The first kappa shape index (κ1) is 28.9. The van der Waals surface area contributed by atoms with Crippen molar-refractivity contribution in [3.8, 4) is 5.75 Å². The molecule has 0 radical (unpaired) electrons. The normalized spacial score (nSPS) is 13.5. The molecule has 0 saturated carbocycles. The molecule has 1 fully saturated rings. The van der Waals surface area contributed by atoms with Crippen LogP contribution in [0.4, 0.5) is 9.18 Å². The highest BCUT2D eigenvalue weighted by molar-refractivity contribution is 6.00. The van der Waals surface area contributed by atoms with E-state index in [-0.39, 0.29) is 62.3 Å². The maximum absolute atomic E-state index is 13.4. The number of aliphatic hydroxyl groups is 1. The number of carbonyl (C=O) groups is 2. The number of primary amides is 1. The summed E-state index contributed by atoms with van der Waals surface area (Å²) in [5.41, 5.74) is 5.76. The Morgan fingerprint density at radius 3 is 2.52 bits per heavy atom. The third-order valence-corrected chi connectivity index (χ3v) is 6.59. The molecule has 0 atom stereocenters. The van der Waals surface area contributed by atoms with Gasteiger partial charge in [0.05, 0.1) is 38.6 Å². The number of urea groups is 1. The van der Waals surface area contributed by atoms with Crippen LogP contribution in [0.1, 0.15) is 21.5 Å². The van der Waals surface area contributed by atoms with E-state index in [0.29, 0.717) is 38.3 Å². The Bertz CT molecular complexity index is 1410. The van der Waals surface area contributed by atoms with Gasteiger partial charge in [0.25, 0.3) is 11.5 Å². The maximum atomic E-state index is 13.4. The average molecular weight is 558 g/mol. The van der Waals surface area contributed by atoms with E-state index in [1.807, 2.05) is 0 Å². The molecule has 1 saturated heterocycles. The molecule has 4 N–H and O–H groups in total. The van der Waals surface area contributed by atoms with Gasteiger partial charge in [0.2, 0.25) is 0 Å². The highest BCUT2D eigenvalue weighted by Crippen LogP contribution is 2.26. The van der Waals surface area contributed by atoms with Gasteiger partial charge in [-0.25, -0.2) is 9.18 Å². The molecule has 0 spiro atoms. The SMILES string of the molecule is NC(=O)c1c(O)c2ncc(Cc3ccc(F)cc3)cc2n(CCN(CCOCCO)C(=O)N2CCOCC2)c1=O. The summed E-state index contributed by atoms with van der Waals surface area (Å²) in [6, 6.07) is 7.35. The zero-order valence-electron chi connectivity index (χ0n) is 21.9. The van der Waals surface area contributed by atoms with Gasteiger partial charge in [-0.15, -0.1) is 0 Å². The Morgan fingerprint density at radius 2 is 1.85 bits per heavy atom. The zero-order valence-corrected chi connectivity index (χ0v) is 21.9. The van der Waals surface area contributed by atoms with Gasteiger partial charge in [0.1, 0.15) is 16.9 Å². The molecular formula is C27H32FN5O7. The Balaban J connectivity index is 1.68. The van der Waals surface area contributed by atoms with Gasteiger partial charge < -0.3 is 39.8 Å². The Labute approximate surface area is 229 Å². The molecule has 1 aliphatic rings. The number of aromatic hydroxyl groups is 1. The number of morpholine rings is 1. The van der Waals surface area contributed by atoms with Crippen LogP contribution in [-0.2, 0) is 22.4 Å². The maximum Gasteiger partial charge on any atom is 0.320 e. The number of ether oxygens (including phenoxy) is 2. The highest BCUT2D eigenvalue weighted by Gasteiger charge is 2.25. The van der Waals surface area contributed by atoms with Crippen molar-refractivity contribution in [3.63, 3.8) is 0 Å². The van der Waals surface area contributed by atoms with Crippen LogP contribution in [0.5, 0.6) is 5.75 Å². The summed E-state index contributed by atoms with van der Waals surface area (Å²) in [4.78, 5) is 46.3. The second-order valence-electron chi connectivity index (χ2n) is 9.26. The van der Waals surface area contributed by atoms with Crippen LogP contribution in [0.15, 0.2) is 41.3 Å². The van der Waals surface area contributed by atoms with E-state index in [0.717, 1.165) is 5.56 Å². The van der Waals surface area contributed by atoms with Crippen LogP contribution in [0, 0.1) is 5.82 Å². The third-order valence-electron chi connectivity index (χ3n) is 6.59. The van der Waals surface area contributed by atoms with Crippen LogP contribution in [0.25, 0.3) is 11.0 Å². The minimum absolute atomic E-state index is 0.00795. The van der Waals surface area contributed by atoms with Gasteiger partial charge in [-0.2, -0.15) is 0 Å². The molecule has 0 aliphatic carbocycles. The molecule has 40 heavy (non-hydrogen) atoms. The van der Waals surface area contributed by atoms with Gasteiger partial charge in [0, 0.05) is 38.9 Å². The number of nitrogens with two attached hydrogens (primary N) is 1. The zero-order chi connectivity index (χ0) is 28.6. The number of carbonyl (C=O) groups excluding carboxylic acids is 2. The number of pyridine rings is 2. The quantitative estimate of drug-likeness (QED) is 0.290. The molecule has 3 amide bonds. The van der Waals surface area contributed by atoms with Gasteiger partial charge in [0.15, 0.2) is 5.75 Å². The first-order valence-electron chi connectivity index (χ1n) is 12.9. The van der Waals surface area contributed by atoms with Crippen molar-refractivity contribution in [1.29, 1.82) is 0 Å². The molecular weight excluding hydrogens is 525 g/mol. The lowest BCUT2D eigenvalue weighted by molar-refractivity contribution is 0.0364. The second kappa shape index (κ2) is 13.3. The number of hydrogen-bond acceptors (Lipinski definition) is 8. The highest BCUT2D eigenvalue weighted by atomic mass is 19.1. The van der Waals surface area contributed by atoms with Crippen LogP contribution in [0.3, 0.4) is 0 Å². The van der Waals surface area contributed by atoms with Crippen molar-refractivity contribution in [3.05, 3.63) is 69.4 Å². The molecule has 214 valence electrons. The van der Waals surface area contributed by atoms with Crippen molar-refractivity contribution in [1.82, 2.24) is 19.4 Å². The molecule has 0 unspecified atom stereocenters. The number of hydrogen-bond donors (Lipinski definition) is 3. The monoisotopic (exact) mass is 557 g/mol. The van der Waals surface area contributed by atoms with Gasteiger partial charge in [-0.1, -0.05) is 12.1 Å². The molecule has 1 aromatic carbocycles. The minimum Gasteiger partial charge on any atom is -0.505 e. The fourth-order valence-electron chi connectivity index (χ4n) is 4.55. The minimum atomic E-state index is -1.10. The lowest BCUT2D eigenvalue weighted by Gasteiger charge is -2.33. The number of benzene rings is 1. The third kappa shape index (κ3) is 6.73. The van der Waals surface area contributed by atoms with Crippen LogP contribution in [0.2, 0.25) is 0 Å². The number of amides is 3. The Morgan fingerprint density at radius 1 is 1.12 bits per heavy atom. The lowest BCUT2D eigenvalue weighted by Crippen LogP contribution is -2.50. The van der Waals surface area contributed by atoms with E-state index >= 15 is 0 Å². The van der Waals surface area contributed by atoms with E-state index in [9.17, 15) is 23.9 Å². The molecule has 1 aliphatic heterocycles. The van der Waals surface area contributed by atoms with E-state index in [4.69, 9.17) is 20.3 Å². The van der Waals surface area contributed by atoms with Gasteiger partial charge in [-0.3, -0.25) is 14.6 Å². The van der Waals surface area contributed by atoms with E-state index < -0.39 is 22.8 Å². The summed E-state index contributed by atoms with van der Waals surface area (Å²) in [7, 11) is 0. The van der Waals surface area contributed by atoms with Crippen LogP contribution in [-0.4, -0.2) is 101 Å². The van der Waals surface area contributed by atoms with Gasteiger partial charge >= 0.3 is 6.03 Å². The van der Waals surface area contributed by atoms with Crippen molar-refractivity contribution in [2.45, 2.75) is 13.0 Å². The van der Waals surface area contributed by atoms with Crippen LogP contribution < -0.4 is 11.3 Å². The number of halogens is 1. The first-order chi connectivity index (χ1) is 19.3. The first-order valence-corrected chi connectivity index (χ1v) is 12.9. The summed E-state index contributed by atoms with van der Waals surface area (Å²) in [5, 5.41) is 19.7. The van der Waals surface area contributed by atoms with E-state index in [2.05, 4.69) is 4.98 Å². The van der Waals surface area contributed by atoms with Crippen LogP contribution >= 0.6 is 0 Å². The Hall–Kier alpha value is -4.07. The molecule has 13 heteroatoms. The summed E-state index contributed by atoms with van der Waals surface area (Å²) in [6.45, 7) is 2.00. The molecule has 0 bridgehead atoms. The molecule has 12 nitrogen and oxygen atoms in total. The molecule has 3 heterocycles. The number of aromatic nitrogens is 2. The lowest BCUT2D eigenvalue weighted by atomic mass is 10.1. The molecule has 3 aromatic rings. The predicted octanol–water partition coefficient (Wildman–Crippen LogP) is 0.694. The number of nitrogens with zero attached hydrogens (tertiary/aromatic N) is 4. The van der Waals surface area contributed by atoms with Crippen molar-refractivity contribution < 1.29 is 33.7 Å². The fraction of sp³-hybridized carbons (Fsp3) is 0.407. The largest absolute Gasteiger partial charge is 0.505 e. The number of aliphatic hydroxyl groups excluding tert-OH is 1. The van der Waals surface area contributed by atoms with Crippen molar-refractivity contribution in [2.75, 3.05) is 59.2 Å². The summed E-state index contributed by atoms with van der Waals surface area (Å²) >= 11 is 0. The summed E-state index contributed by atoms with van der Waals surface area (Å²) in [5.74, 6) is -2.08. The number of fused-ring (bicyclic) bond motifs is 1. The second-order valence-corrected chi connectivity index (χ2v) is 9.26. The predicted molar refractivity (Wildman–Crippen MR) is 143 cm³/mol.